The van der Waals surface area contributed by atoms with Gasteiger partial charge in [-0.05, 0) is 18.8 Å². The van der Waals surface area contributed by atoms with E-state index in [1.54, 1.807) is 0 Å². The summed E-state index contributed by atoms with van der Waals surface area (Å²) in [5.74, 6) is 1.58. The Balaban J connectivity index is 1.86. The lowest BCUT2D eigenvalue weighted by atomic mass is 10.0. The van der Waals surface area contributed by atoms with Crippen LogP contribution in [-0.2, 0) is 4.74 Å². The zero-order chi connectivity index (χ0) is 6.01. The Morgan fingerprint density at radius 2 is 2.22 bits per heavy atom. The lowest BCUT2D eigenvalue weighted by molar-refractivity contribution is 0.361. The summed E-state index contributed by atoms with van der Waals surface area (Å²) >= 11 is 6.00. The van der Waals surface area contributed by atoms with Crippen LogP contribution < -0.4 is 0 Å². The van der Waals surface area contributed by atoms with Gasteiger partial charge in [-0.1, -0.05) is 0 Å². The van der Waals surface area contributed by atoms with E-state index in [9.17, 15) is 0 Å². The van der Waals surface area contributed by atoms with Crippen molar-refractivity contribution < 1.29 is 4.74 Å². The highest BCUT2D eigenvalue weighted by Gasteiger charge is 2.64. The summed E-state index contributed by atoms with van der Waals surface area (Å²) in [4.78, 5) is 0. The van der Waals surface area contributed by atoms with Crippen LogP contribution in [0.15, 0.2) is 0 Å². The van der Waals surface area contributed by atoms with Gasteiger partial charge in [0.25, 0.3) is 0 Å². The van der Waals surface area contributed by atoms with Crippen molar-refractivity contribution in [2.24, 2.45) is 11.8 Å². The molecular weight excluding hydrogens is 136 g/mol. The third kappa shape index (κ3) is 0.505. The van der Waals surface area contributed by atoms with Crippen molar-refractivity contribution in [1.29, 1.82) is 0 Å². The Bertz CT molecular complexity index is 157. The second-order valence-corrected chi connectivity index (χ2v) is 3.91. The van der Waals surface area contributed by atoms with Crippen LogP contribution in [0.1, 0.15) is 12.8 Å². The molecule has 0 aromatic heterocycles. The molecule has 0 spiro atoms. The predicted molar refractivity (Wildman–Crippen MR) is 34.5 cm³/mol. The van der Waals surface area contributed by atoms with Gasteiger partial charge < -0.3 is 4.74 Å². The zero-order valence-corrected chi connectivity index (χ0v) is 5.84. The molecule has 2 saturated carbocycles. The van der Waals surface area contributed by atoms with Gasteiger partial charge in [0.2, 0.25) is 0 Å². The maximum Gasteiger partial charge on any atom is 0.0887 e. The molecule has 0 N–H and O–H groups in total. The first-order chi connectivity index (χ1) is 4.38. The van der Waals surface area contributed by atoms with Crippen molar-refractivity contribution in [2.75, 3.05) is 0 Å². The van der Waals surface area contributed by atoms with Gasteiger partial charge in [-0.25, -0.2) is 0 Å². The molecule has 50 valence electrons. The number of hydrogen-bond donors (Lipinski definition) is 0. The minimum absolute atomic E-state index is 0.475. The van der Waals surface area contributed by atoms with E-state index in [0.29, 0.717) is 17.6 Å². The molecule has 2 heteroatoms. The predicted octanol–water partition coefficient (Wildman–Crippen LogP) is 1.40. The first kappa shape index (κ1) is 4.97. The molecular formula is C7H9ClO. The summed E-state index contributed by atoms with van der Waals surface area (Å²) in [6.07, 6.45) is 3.80. The number of rotatable bonds is 0. The molecule has 2 aliphatic carbocycles. The average Bonchev–Trinajstić information content (AvgIpc) is 2.64. The normalized spacial score (nSPS) is 68.3. The maximum atomic E-state index is 6.00. The third-order valence-corrected chi connectivity index (χ3v) is 3.53. The van der Waals surface area contributed by atoms with E-state index in [1.165, 1.54) is 12.8 Å². The molecule has 1 aliphatic heterocycles. The number of alkyl halides is 1. The number of epoxide rings is 1. The van der Waals surface area contributed by atoms with Crippen LogP contribution in [0, 0.1) is 11.8 Å². The zero-order valence-electron chi connectivity index (χ0n) is 5.09. The minimum atomic E-state index is 0.475. The van der Waals surface area contributed by atoms with Gasteiger partial charge in [0.05, 0.1) is 12.2 Å². The minimum Gasteiger partial charge on any atom is -0.369 e. The Morgan fingerprint density at radius 1 is 1.33 bits per heavy atom. The van der Waals surface area contributed by atoms with Gasteiger partial charge in [-0.15, -0.1) is 11.6 Å². The number of ether oxygens (including phenoxy) is 1. The van der Waals surface area contributed by atoms with Gasteiger partial charge in [0.15, 0.2) is 0 Å². The topological polar surface area (TPSA) is 12.5 Å². The van der Waals surface area contributed by atoms with E-state index >= 15 is 0 Å². The van der Waals surface area contributed by atoms with Gasteiger partial charge in [-0.2, -0.15) is 0 Å². The smallest absolute Gasteiger partial charge is 0.0887 e. The molecule has 5 atom stereocenters. The van der Waals surface area contributed by atoms with Crippen LogP contribution >= 0.6 is 11.6 Å². The molecule has 0 amide bonds. The molecule has 1 heterocycles. The largest absolute Gasteiger partial charge is 0.369 e. The van der Waals surface area contributed by atoms with Crippen molar-refractivity contribution in [1.82, 2.24) is 0 Å². The molecule has 9 heavy (non-hydrogen) atoms. The molecule has 0 radical (unpaired) electrons. The summed E-state index contributed by atoms with van der Waals surface area (Å²) in [5.41, 5.74) is 0. The quantitative estimate of drug-likeness (QED) is 0.370. The van der Waals surface area contributed by atoms with Crippen molar-refractivity contribution in [3.05, 3.63) is 0 Å². The molecule has 0 aromatic carbocycles. The monoisotopic (exact) mass is 144 g/mol. The molecule has 3 aliphatic rings. The highest BCUT2D eigenvalue weighted by Crippen LogP contribution is 2.60. The molecule has 0 bridgehead atoms. The number of hydrogen-bond acceptors (Lipinski definition) is 1. The lowest BCUT2D eigenvalue weighted by Gasteiger charge is -1.99. The highest BCUT2D eigenvalue weighted by molar-refractivity contribution is 6.23. The molecule has 4 unspecified atom stereocenters. The summed E-state index contributed by atoms with van der Waals surface area (Å²) in [6, 6.07) is 0. The highest BCUT2D eigenvalue weighted by atomic mass is 35.5. The summed E-state index contributed by atoms with van der Waals surface area (Å²) in [5, 5.41) is 0.475. The first-order valence-electron chi connectivity index (χ1n) is 3.67. The SMILES string of the molecule is ClC1C2CCC3O[C@@H]3C12. The maximum absolute atomic E-state index is 6.00. The van der Waals surface area contributed by atoms with Crippen molar-refractivity contribution in [2.45, 2.75) is 30.4 Å². The van der Waals surface area contributed by atoms with Gasteiger partial charge >= 0.3 is 0 Å². The molecule has 1 saturated heterocycles. The van der Waals surface area contributed by atoms with Crippen LogP contribution in [0.4, 0.5) is 0 Å². The Morgan fingerprint density at radius 3 is 3.00 bits per heavy atom. The fourth-order valence-corrected chi connectivity index (χ4v) is 2.76. The van der Waals surface area contributed by atoms with Crippen LogP contribution in [0.2, 0.25) is 0 Å². The second kappa shape index (κ2) is 1.30. The van der Waals surface area contributed by atoms with Crippen molar-refractivity contribution in [3.63, 3.8) is 0 Å². The van der Waals surface area contributed by atoms with Crippen molar-refractivity contribution >= 4 is 11.6 Å². The van der Waals surface area contributed by atoms with E-state index in [4.69, 9.17) is 16.3 Å². The summed E-state index contributed by atoms with van der Waals surface area (Å²) in [6.45, 7) is 0. The Labute approximate surface area is 59.3 Å². The Kier molecular flexibility index (Phi) is 0.720. The lowest BCUT2D eigenvalue weighted by Crippen LogP contribution is -2.04. The number of halogens is 1. The summed E-state index contributed by atoms with van der Waals surface area (Å²) < 4.78 is 5.42. The van der Waals surface area contributed by atoms with E-state index in [0.717, 1.165) is 11.8 Å². The van der Waals surface area contributed by atoms with Gasteiger partial charge in [0, 0.05) is 11.3 Å². The third-order valence-electron chi connectivity index (χ3n) is 2.92. The van der Waals surface area contributed by atoms with Crippen LogP contribution in [0.3, 0.4) is 0 Å². The fourth-order valence-electron chi connectivity index (χ4n) is 2.22. The first-order valence-corrected chi connectivity index (χ1v) is 4.11. The fraction of sp³-hybridized carbons (Fsp3) is 1.00. The van der Waals surface area contributed by atoms with Crippen molar-refractivity contribution in [3.8, 4) is 0 Å². The van der Waals surface area contributed by atoms with E-state index in [1.807, 2.05) is 0 Å². The average molecular weight is 145 g/mol. The molecule has 3 fully saturated rings. The Hall–Kier alpha value is 0.250. The van der Waals surface area contributed by atoms with Gasteiger partial charge in [0.1, 0.15) is 0 Å². The molecule has 0 aromatic rings. The van der Waals surface area contributed by atoms with Crippen LogP contribution in [-0.4, -0.2) is 17.6 Å². The van der Waals surface area contributed by atoms with Gasteiger partial charge in [-0.3, -0.25) is 0 Å². The summed E-state index contributed by atoms with van der Waals surface area (Å²) in [7, 11) is 0. The second-order valence-electron chi connectivity index (χ2n) is 3.40. The van der Waals surface area contributed by atoms with Crippen LogP contribution in [0.25, 0.3) is 0 Å². The standard InChI is InChI=1S/C7H9ClO/c8-6-3-1-2-4-7(9-4)5(3)6/h3-7H,1-2H2/t3?,4?,5?,6?,7-/m0/s1. The molecule has 1 nitrogen and oxygen atoms in total. The van der Waals surface area contributed by atoms with Crippen LogP contribution in [0.5, 0.6) is 0 Å². The number of fused-ring (bicyclic) bond motifs is 3. The van der Waals surface area contributed by atoms with E-state index < -0.39 is 0 Å². The van der Waals surface area contributed by atoms with E-state index in [2.05, 4.69) is 0 Å². The van der Waals surface area contributed by atoms with E-state index in [-0.39, 0.29) is 0 Å². The molecule has 3 rings (SSSR count).